The first-order valence-corrected chi connectivity index (χ1v) is 23.4. The van der Waals surface area contributed by atoms with Gasteiger partial charge in [0.25, 0.3) is 29.5 Å². The minimum Gasteiger partial charge on any atom is -0.379 e. The maximum Gasteiger partial charge on any atom is 0.270 e. The molecule has 2 atom stereocenters. The molecule has 0 saturated carbocycles. The maximum atomic E-state index is 13.6. The predicted molar refractivity (Wildman–Crippen MR) is 245 cm³/mol. The van der Waals surface area contributed by atoms with Gasteiger partial charge in [-0.05, 0) is 72.9 Å². The molecule has 4 aliphatic heterocycles. The van der Waals surface area contributed by atoms with Crippen molar-refractivity contribution in [1.82, 2.24) is 30.3 Å². The number of halogens is 2. The summed E-state index contributed by atoms with van der Waals surface area (Å²) < 4.78 is 49.8. The van der Waals surface area contributed by atoms with Crippen LogP contribution in [0.1, 0.15) is 68.0 Å². The molecule has 8 rings (SSSR count). The third kappa shape index (κ3) is 11.4. The van der Waals surface area contributed by atoms with E-state index in [1.807, 2.05) is 0 Å². The van der Waals surface area contributed by atoms with E-state index in [4.69, 9.17) is 18.9 Å². The van der Waals surface area contributed by atoms with Crippen LogP contribution in [0.3, 0.4) is 0 Å². The Morgan fingerprint density at radius 2 is 1.47 bits per heavy atom. The van der Waals surface area contributed by atoms with Crippen molar-refractivity contribution < 1.29 is 66.4 Å². The second kappa shape index (κ2) is 22.5. The Kier molecular flexibility index (Phi) is 16.0. The molecule has 4 aromatic rings. The molecule has 70 heavy (non-hydrogen) atoms. The highest BCUT2D eigenvalue weighted by Gasteiger charge is 2.52. The van der Waals surface area contributed by atoms with Crippen LogP contribution < -0.4 is 15.5 Å². The molecule has 19 nitrogen and oxygen atoms in total. The summed E-state index contributed by atoms with van der Waals surface area (Å²) >= 11 is 0. The number of fused-ring (bicyclic) bond motifs is 2. The van der Waals surface area contributed by atoms with E-state index < -0.39 is 58.7 Å². The first-order valence-electron chi connectivity index (χ1n) is 23.4. The van der Waals surface area contributed by atoms with E-state index in [1.54, 1.807) is 47.4 Å². The normalized spacial score (nSPS) is 19.7. The maximum absolute atomic E-state index is 13.6. The minimum absolute atomic E-state index is 0.0532. The zero-order valence-corrected chi connectivity index (χ0v) is 38.5. The van der Waals surface area contributed by atoms with Crippen molar-refractivity contribution >= 4 is 57.9 Å². The molecule has 4 N–H and O–H groups in total. The monoisotopic (exact) mass is 971 g/mol. The van der Waals surface area contributed by atoms with Gasteiger partial charge < -0.3 is 44.2 Å². The number of aliphatic hydroxyl groups is 1. The van der Waals surface area contributed by atoms with Crippen molar-refractivity contribution in [3.63, 3.8) is 0 Å². The average Bonchev–Trinajstić information content (AvgIpc) is 3.99. The lowest BCUT2D eigenvalue weighted by atomic mass is 9.99. The summed E-state index contributed by atoms with van der Waals surface area (Å²) in [4.78, 5) is 99.4. The number of carbonyl (C=O) groups excluding carboxylic acids is 7. The Morgan fingerprint density at radius 3 is 2.17 bits per heavy atom. The lowest BCUT2D eigenvalue weighted by Gasteiger charge is -2.34. The molecule has 0 spiro atoms. The smallest absolute Gasteiger partial charge is 0.270 e. The second-order valence-electron chi connectivity index (χ2n) is 17.5. The number of piperazine rings is 1. The Labute approximate surface area is 401 Å². The molecule has 0 bridgehead atoms. The van der Waals surface area contributed by atoms with Crippen molar-refractivity contribution in [2.45, 2.75) is 50.3 Å². The van der Waals surface area contributed by atoms with Crippen molar-refractivity contribution in [2.75, 3.05) is 97.0 Å². The number of amides is 7. The number of aromatic nitrogens is 1. The van der Waals surface area contributed by atoms with E-state index in [2.05, 4.69) is 20.5 Å². The SMILES string of the molecule is O=C1CCC(N2C(=O)c3cccc(CCCOCCOCCOCCOCCN4CCN(C(=O)c5cc6cc(N7CC[C@](O)(C(=O)NCc8cc(F)cc(F)c8)C7=O)ccc6[nH]5)CC4)c3C2=O)C(=O)N1. The highest BCUT2D eigenvalue weighted by molar-refractivity contribution is 6.24. The summed E-state index contributed by atoms with van der Waals surface area (Å²) in [5.41, 5.74) is 0.552. The Bertz CT molecular complexity index is 2620. The van der Waals surface area contributed by atoms with Crippen LogP contribution in [-0.2, 0) is 51.1 Å². The Hall–Kier alpha value is -6.49. The average molecular weight is 972 g/mol. The fourth-order valence-electron chi connectivity index (χ4n) is 9.07. The largest absolute Gasteiger partial charge is 0.379 e. The van der Waals surface area contributed by atoms with Gasteiger partial charge in [0.2, 0.25) is 17.4 Å². The van der Waals surface area contributed by atoms with Crippen molar-refractivity contribution in [1.29, 1.82) is 0 Å². The Balaban J connectivity index is 0.651. The number of anilines is 1. The van der Waals surface area contributed by atoms with Crippen LogP contribution in [0.25, 0.3) is 10.9 Å². The van der Waals surface area contributed by atoms with Crippen LogP contribution >= 0.6 is 0 Å². The molecular formula is C49H55F2N7O12. The highest BCUT2D eigenvalue weighted by atomic mass is 19.1. The fraction of sp³-hybridized carbons (Fsp3) is 0.449. The molecule has 7 amide bonds. The van der Waals surface area contributed by atoms with Crippen LogP contribution in [0, 0.1) is 11.6 Å². The zero-order chi connectivity index (χ0) is 49.4. The predicted octanol–water partition coefficient (Wildman–Crippen LogP) is 2.09. The highest BCUT2D eigenvalue weighted by Crippen LogP contribution is 2.33. The summed E-state index contributed by atoms with van der Waals surface area (Å²) in [6.07, 6.45) is 1.09. The molecule has 372 valence electrons. The van der Waals surface area contributed by atoms with Gasteiger partial charge in [0.15, 0.2) is 0 Å². The fourth-order valence-corrected chi connectivity index (χ4v) is 9.07. The lowest BCUT2D eigenvalue weighted by Crippen LogP contribution is -2.54. The first kappa shape index (κ1) is 49.9. The molecule has 3 aromatic carbocycles. The summed E-state index contributed by atoms with van der Waals surface area (Å²) in [5.74, 6) is -5.69. The molecule has 4 aliphatic rings. The quantitative estimate of drug-likeness (QED) is 0.0503. The summed E-state index contributed by atoms with van der Waals surface area (Å²) in [6, 6.07) is 13.7. The third-order valence-electron chi connectivity index (χ3n) is 12.8. The number of nitrogens with one attached hydrogen (secondary N) is 3. The molecule has 5 heterocycles. The molecule has 3 fully saturated rings. The molecule has 0 aliphatic carbocycles. The van der Waals surface area contributed by atoms with Gasteiger partial charge in [0.1, 0.15) is 23.4 Å². The van der Waals surface area contributed by atoms with E-state index in [1.165, 1.54) is 4.90 Å². The van der Waals surface area contributed by atoms with Crippen molar-refractivity contribution in [3.8, 4) is 0 Å². The third-order valence-corrected chi connectivity index (χ3v) is 12.8. The number of hydrogen-bond donors (Lipinski definition) is 4. The molecule has 21 heteroatoms. The molecule has 1 unspecified atom stereocenters. The number of carbonyl (C=O) groups is 7. The van der Waals surface area contributed by atoms with Gasteiger partial charge in [-0.1, -0.05) is 12.1 Å². The number of benzene rings is 3. The molecule has 0 radical (unpaired) electrons. The van der Waals surface area contributed by atoms with E-state index >= 15 is 0 Å². The lowest BCUT2D eigenvalue weighted by molar-refractivity contribution is -0.149. The van der Waals surface area contributed by atoms with Crippen LogP contribution in [-0.4, -0.2) is 170 Å². The van der Waals surface area contributed by atoms with Crippen molar-refractivity contribution in [2.24, 2.45) is 0 Å². The number of piperidine rings is 1. The van der Waals surface area contributed by atoms with Gasteiger partial charge in [-0.25, -0.2) is 8.78 Å². The Morgan fingerprint density at radius 1 is 0.786 bits per heavy atom. The van der Waals surface area contributed by atoms with Gasteiger partial charge >= 0.3 is 0 Å². The number of hydrogen-bond acceptors (Lipinski definition) is 13. The van der Waals surface area contributed by atoms with Crippen molar-refractivity contribution in [3.05, 3.63) is 100 Å². The van der Waals surface area contributed by atoms with Gasteiger partial charge in [0, 0.05) is 87.9 Å². The van der Waals surface area contributed by atoms with E-state index in [0.29, 0.717) is 138 Å². The van der Waals surface area contributed by atoms with Crippen LogP contribution in [0.4, 0.5) is 14.5 Å². The van der Waals surface area contributed by atoms with E-state index in [0.717, 1.165) is 17.0 Å². The van der Waals surface area contributed by atoms with Gasteiger partial charge in [-0.3, -0.25) is 48.7 Å². The van der Waals surface area contributed by atoms with Gasteiger partial charge in [-0.15, -0.1) is 0 Å². The molecular weight excluding hydrogens is 917 g/mol. The first-order chi connectivity index (χ1) is 33.8. The van der Waals surface area contributed by atoms with E-state index in [-0.39, 0.29) is 49.4 Å². The number of rotatable bonds is 22. The van der Waals surface area contributed by atoms with Crippen LogP contribution in [0.5, 0.6) is 0 Å². The molecule has 3 saturated heterocycles. The topological polar surface area (TPSA) is 229 Å². The number of ether oxygens (including phenoxy) is 4. The zero-order valence-electron chi connectivity index (χ0n) is 38.5. The van der Waals surface area contributed by atoms with Crippen LogP contribution in [0.2, 0.25) is 0 Å². The number of nitrogens with zero attached hydrogens (tertiary/aromatic N) is 4. The van der Waals surface area contributed by atoms with Gasteiger partial charge in [0.05, 0.1) is 57.4 Å². The van der Waals surface area contributed by atoms with Gasteiger partial charge in [-0.2, -0.15) is 0 Å². The summed E-state index contributed by atoms with van der Waals surface area (Å²) in [7, 11) is 0. The van der Waals surface area contributed by atoms with Crippen LogP contribution in [0.15, 0.2) is 60.7 Å². The standard InChI is InChI=1S/C49H55F2N7O12/c50-34-25-31(26-35(51)29-34)30-52-47(64)49(66)10-11-57(48(49)65)36-6-7-38-33(27-36)28-39(53-38)45(62)56-14-12-55(13-15-56)16-18-68-20-22-70-24-23-69-21-19-67-17-2-4-32-3-1-5-37-42(32)46(63)58(44(37)61)40-8-9-41(59)54-43(40)60/h1,3,5-7,25-29,40,53,66H,2,4,8-24,30H2,(H,52,64)(H,54,59,60)/t40?,49-/m0/s1. The second-order valence-corrected chi connectivity index (χ2v) is 17.5. The molecule has 1 aromatic heterocycles. The number of H-pyrrole nitrogens is 1. The number of aromatic amines is 1. The number of aryl methyl sites for hydroxylation is 1. The van der Waals surface area contributed by atoms with E-state index in [9.17, 15) is 47.4 Å². The minimum atomic E-state index is -2.36. The summed E-state index contributed by atoms with van der Waals surface area (Å²) in [5, 5.41) is 16.3. The summed E-state index contributed by atoms with van der Waals surface area (Å²) in [6.45, 7) is 6.19. The number of imide groups is 2.